The molecular formula is C20H24N2O4S. The van der Waals surface area contributed by atoms with E-state index < -0.39 is 10.0 Å². The fraction of sp³-hybridized carbons (Fsp3) is 0.450. The fourth-order valence-electron chi connectivity index (χ4n) is 3.60. The number of hydrogen-bond donors (Lipinski definition) is 1. The van der Waals surface area contributed by atoms with Gasteiger partial charge in [0.2, 0.25) is 10.0 Å². The Bertz CT molecular complexity index is 881. The Kier molecular flexibility index (Phi) is 5.16. The van der Waals surface area contributed by atoms with Gasteiger partial charge in [-0.15, -0.1) is 0 Å². The number of carbonyl (C=O) groups is 1. The van der Waals surface area contributed by atoms with Crippen molar-refractivity contribution in [2.45, 2.75) is 36.6 Å². The fourth-order valence-corrected chi connectivity index (χ4v) is 4.63. The largest absolute Gasteiger partial charge is 0.468 e. The molecule has 0 spiro atoms. The van der Waals surface area contributed by atoms with Crippen molar-refractivity contribution < 1.29 is 17.6 Å². The van der Waals surface area contributed by atoms with Gasteiger partial charge in [-0.3, -0.25) is 9.69 Å². The standard InChI is InChI=1S/C20H24N2O4S/c23-20(15-5-6-15)16-7-9-17(10-8-16)27(24,25)21-14-18(19-4-3-13-26-19)22-11-1-2-12-22/h3-4,7-10,13,15,18,21H,1-2,5-6,11-12,14H2. The van der Waals surface area contributed by atoms with Crippen LogP contribution in [0, 0.1) is 5.92 Å². The van der Waals surface area contributed by atoms with Crippen molar-refractivity contribution in [2.24, 2.45) is 5.92 Å². The van der Waals surface area contributed by atoms with Crippen molar-refractivity contribution in [1.82, 2.24) is 9.62 Å². The number of benzene rings is 1. The summed E-state index contributed by atoms with van der Waals surface area (Å²) >= 11 is 0. The highest BCUT2D eigenvalue weighted by Crippen LogP contribution is 2.32. The maximum Gasteiger partial charge on any atom is 0.240 e. The van der Waals surface area contributed by atoms with Crippen LogP contribution in [0.4, 0.5) is 0 Å². The minimum Gasteiger partial charge on any atom is -0.468 e. The summed E-state index contributed by atoms with van der Waals surface area (Å²) < 4.78 is 33.7. The lowest BCUT2D eigenvalue weighted by Crippen LogP contribution is -2.36. The van der Waals surface area contributed by atoms with Gasteiger partial charge in [0.1, 0.15) is 5.76 Å². The number of carbonyl (C=O) groups excluding carboxylic acids is 1. The monoisotopic (exact) mass is 388 g/mol. The summed E-state index contributed by atoms with van der Waals surface area (Å²) in [4.78, 5) is 14.5. The number of nitrogens with one attached hydrogen (secondary N) is 1. The molecule has 1 atom stereocenters. The number of sulfonamides is 1. The first-order chi connectivity index (χ1) is 13.0. The third-order valence-corrected chi connectivity index (χ3v) is 6.76. The second kappa shape index (κ2) is 7.58. The summed E-state index contributed by atoms with van der Waals surface area (Å²) in [6.45, 7) is 2.12. The molecule has 1 unspecified atom stereocenters. The van der Waals surface area contributed by atoms with Gasteiger partial charge in [0.05, 0.1) is 17.2 Å². The predicted molar refractivity (Wildman–Crippen MR) is 101 cm³/mol. The van der Waals surface area contributed by atoms with E-state index in [1.54, 1.807) is 18.4 Å². The van der Waals surface area contributed by atoms with Gasteiger partial charge in [-0.2, -0.15) is 0 Å². The minimum atomic E-state index is -3.65. The second-order valence-corrected chi connectivity index (χ2v) is 9.06. The molecule has 6 nitrogen and oxygen atoms in total. The van der Waals surface area contributed by atoms with E-state index >= 15 is 0 Å². The SMILES string of the molecule is O=C(c1ccc(S(=O)(=O)NCC(c2ccco2)N2CCCC2)cc1)C1CC1. The second-order valence-electron chi connectivity index (χ2n) is 7.29. The molecule has 4 rings (SSSR count). The van der Waals surface area contributed by atoms with Crippen LogP contribution < -0.4 is 4.72 Å². The molecule has 2 aliphatic rings. The maximum absolute atomic E-state index is 12.7. The van der Waals surface area contributed by atoms with Gasteiger partial charge in [0.25, 0.3) is 0 Å². The number of Topliss-reactive ketones (excluding diaryl/α,β-unsaturated/α-hetero) is 1. The summed E-state index contributed by atoms with van der Waals surface area (Å²) in [6, 6.07) is 9.83. The molecule has 1 aliphatic heterocycles. The number of nitrogens with zero attached hydrogens (tertiary/aromatic N) is 1. The summed E-state index contributed by atoms with van der Waals surface area (Å²) in [5.74, 6) is 1.00. The highest BCUT2D eigenvalue weighted by atomic mass is 32.2. The molecule has 0 radical (unpaired) electrons. The number of likely N-dealkylation sites (tertiary alicyclic amines) is 1. The lowest BCUT2D eigenvalue weighted by Gasteiger charge is -2.25. The smallest absolute Gasteiger partial charge is 0.240 e. The topological polar surface area (TPSA) is 79.6 Å². The number of hydrogen-bond acceptors (Lipinski definition) is 5. The van der Waals surface area contributed by atoms with Crippen LogP contribution >= 0.6 is 0 Å². The average molecular weight is 388 g/mol. The molecule has 144 valence electrons. The van der Waals surface area contributed by atoms with E-state index in [9.17, 15) is 13.2 Å². The molecule has 27 heavy (non-hydrogen) atoms. The number of rotatable bonds is 8. The Labute approximate surface area is 159 Å². The maximum atomic E-state index is 12.7. The highest BCUT2D eigenvalue weighted by Gasteiger charge is 2.31. The van der Waals surface area contributed by atoms with Gasteiger partial charge < -0.3 is 4.42 Å². The van der Waals surface area contributed by atoms with Crippen LogP contribution in [0.25, 0.3) is 0 Å². The van der Waals surface area contributed by atoms with Crippen LogP contribution in [0.1, 0.15) is 47.8 Å². The van der Waals surface area contributed by atoms with E-state index in [-0.39, 0.29) is 29.2 Å². The Morgan fingerprint density at radius 1 is 1.15 bits per heavy atom. The van der Waals surface area contributed by atoms with Crippen LogP contribution in [0.3, 0.4) is 0 Å². The third kappa shape index (κ3) is 4.15. The third-order valence-electron chi connectivity index (χ3n) is 5.32. The first-order valence-electron chi connectivity index (χ1n) is 9.46. The van der Waals surface area contributed by atoms with Crippen LogP contribution in [0.15, 0.2) is 52.0 Å². The normalized spacial score (nSPS) is 19.3. The van der Waals surface area contributed by atoms with Gasteiger partial charge in [-0.1, -0.05) is 12.1 Å². The zero-order valence-corrected chi connectivity index (χ0v) is 16.0. The molecule has 0 amide bonds. The van der Waals surface area contributed by atoms with Crippen molar-refractivity contribution in [2.75, 3.05) is 19.6 Å². The quantitative estimate of drug-likeness (QED) is 0.703. The zero-order valence-electron chi connectivity index (χ0n) is 15.1. The Balaban J connectivity index is 1.46. The lowest BCUT2D eigenvalue weighted by molar-refractivity contribution is 0.0967. The summed E-state index contributed by atoms with van der Waals surface area (Å²) in [7, 11) is -3.65. The molecule has 1 aliphatic carbocycles. The molecule has 0 bridgehead atoms. The van der Waals surface area contributed by atoms with Gasteiger partial charge in [0.15, 0.2) is 5.78 Å². The Morgan fingerprint density at radius 3 is 2.44 bits per heavy atom. The molecule has 1 aromatic carbocycles. The van der Waals surface area contributed by atoms with Crippen LogP contribution in [-0.4, -0.2) is 38.7 Å². The molecular weight excluding hydrogens is 364 g/mol. The number of ketones is 1. The van der Waals surface area contributed by atoms with Crippen molar-refractivity contribution >= 4 is 15.8 Å². The van der Waals surface area contributed by atoms with Gasteiger partial charge in [0, 0.05) is 18.0 Å². The molecule has 1 saturated heterocycles. The van der Waals surface area contributed by atoms with Crippen LogP contribution in [0.5, 0.6) is 0 Å². The molecule has 2 fully saturated rings. The van der Waals surface area contributed by atoms with Crippen molar-refractivity contribution in [3.8, 4) is 0 Å². The van der Waals surface area contributed by atoms with Gasteiger partial charge in [-0.05, 0) is 63.0 Å². The van der Waals surface area contributed by atoms with E-state index in [1.807, 2.05) is 12.1 Å². The summed E-state index contributed by atoms with van der Waals surface area (Å²) in [6.07, 6.45) is 5.71. The Hall–Kier alpha value is -1.96. The van der Waals surface area contributed by atoms with E-state index in [0.717, 1.165) is 44.5 Å². The first kappa shape index (κ1) is 18.4. The van der Waals surface area contributed by atoms with Crippen molar-refractivity contribution in [3.05, 3.63) is 54.0 Å². The summed E-state index contributed by atoms with van der Waals surface area (Å²) in [5.41, 5.74) is 0.585. The van der Waals surface area contributed by atoms with Crippen LogP contribution in [0.2, 0.25) is 0 Å². The summed E-state index contributed by atoms with van der Waals surface area (Å²) in [5, 5.41) is 0. The molecule has 1 aromatic heterocycles. The Morgan fingerprint density at radius 2 is 1.85 bits per heavy atom. The lowest BCUT2D eigenvalue weighted by atomic mass is 10.1. The van der Waals surface area contributed by atoms with E-state index in [0.29, 0.717) is 5.56 Å². The minimum absolute atomic E-state index is 0.110. The van der Waals surface area contributed by atoms with Crippen molar-refractivity contribution in [3.63, 3.8) is 0 Å². The molecule has 2 heterocycles. The first-order valence-corrected chi connectivity index (χ1v) is 10.9. The molecule has 2 aromatic rings. The van der Waals surface area contributed by atoms with Crippen molar-refractivity contribution in [1.29, 1.82) is 0 Å². The molecule has 1 saturated carbocycles. The predicted octanol–water partition coefficient (Wildman–Crippen LogP) is 2.99. The van der Waals surface area contributed by atoms with E-state index in [2.05, 4.69) is 9.62 Å². The average Bonchev–Trinajstić information content (AvgIpc) is 3.14. The zero-order chi connectivity index (χ0) is 18.9. The molecule has 1 N–H and O–H groups in total. The van der Waals surface area contributed by atoms with Gasteiger partial charge >= 0.3 is 0 Å². The van der Waals surface area contributed by atoms with E-state index in [4.69, 9.17) is 4.42 Å². The van der Waals surface area contributed by atoms with Crippen LogP contribution in [-0.2, 0) is 10.0 Å². The highest BCUT2D eigenvalue weighted by molar-refractivity contribution is 7.89. The van der Waals surface area contributed by atoms with Gasteiger partial charge in [-0.25, -0.2) is 13.1 Å². The molecule has 7 heteroatoms. The number of furan rings is 1. The van der Waals surface area contributed by atoms with E-state index in [1.165, 1.54) is 12.1 Å².